The summed E-state index contributed by atoms with van der Waals surface area (Å²) in [5.74, 6) is -1.18. The molecule has 0 aromatic heterocycles. The largest absolute Gasteiger partial charge is 0.452 e. The lowest BCUT2D eigenvalue weighted by Crippen LogP contribution is -2.21. The van der Waals surface area contributed by atoms with Crippen molar-refractivity contribution in [2.24, 2.45) is 0 Å². The summed E-state index contributed by atoms with van der Waals surface area (Å²) >= 11 is 6.06. The summed E-state index contributed by atoms with van der Waals surface area (Å²) in [6, 6.07) is 11.7. The molecule has 0 bridgehead atoms. The van der Waals surface area contributed by atoms with Crippen LogP contribution in [0, 0.1) is 6.92 Å². The van der Waals surface area contributed by atoms with Crippen LogP contribution < -0.4 is 10.6 Å². The van der Waals surface area contributed by atoms with Crippen LogP contribution in [0.4, 0.5) is 11.4 Å². The van der Waals surface area contributed by atoms with E-state index in [1.807, 2.05) is 0 Å². The first-order chi connectivity index (χ1) is 16.9. The van der Waals surface area contributed by atoms with Gasteiger partial charge in [0.1, 0.15) is 0 Å². The van der Waals surface area contributed by atoms with Crippen LogP contribution in [0.1, 0.15) is 87.1 Å². The van der Waals surface area contributed by atoms with Crippen molar-refractivity contribution in [3.8, 4) is 0 Å². The fourth-order valence-corrected chi connectivity index (χ4v) is 3.86. The molecule has 190 valence electrons. The van der Waals surface area contributed by atoms with Gasteiger partial charge >= 0.3 is 5.97 Å². The third-order valence-corrected chi connectivity index (χ3v) is 6.18. The molecule has 0 saturated carbocycles. The van der Waals surface area contributed by atoms with E-state index >= 15 is 0 Å². The molecule has 0 saturated heterocycles. The summed E-state index contributed by atoms with van der Waals surface area (Å²) in [5, 5.41) is 6.05. The second-order valence-corrected chi connectivity index (χ2v) is 9.15. The van der Waals surface area contributed by atoms with Gasteiger partial charge in [-0.25, -0.2) is 4.79 Å². The maximum absolute atomic E-state index is 12.4. The van der Waals surface area contributed by atoms with E-state index in [9.17, 15) is 14.4 Å². The number of hydrogen-bond donors (Lipinski definition) is 2. The molecule has 2 aromatic carbocycles. The molecule has 7 heteroatoms. The van der Waals surface area contributed by atoms with Crippen molar-refractivity contribution in [2.45, 2.75) is 78.1 Å². The summed E-state index contributed by atoms with van der Waals surface area (Å²) in [5.41, 5.74) is 2.09. The second-order valence-electron chi connectivity index (χ2n) is 8.74. The number of nitrogens with one attached hydrogen (secondary N) is 2. The van der Waals surface area contributed by atoms with E-state index in [0.717, 1.165) is 24.8 Å². The van der Waals surface area contributed by atoms with E-state index in [4.69, 9.17) is 16.3 Å². The zero-order chi connectivity index (χ0) is 25.5. The molecule has 0 heterocycles. The van der Waals surface area contributed by atoms with E-state index in [-0.39, 0.29) is 11.5 Å². The van der Waals surface area contributed by atoms with Gasteiger partial charge in [-0.15, -0.1) is 0 Å². The van der Waals surface area contributed by atoms with E-state index < -0.39 is 18.5 Å². The summed E-state index contributed by atoms with van der Waals surface area (Å²) in [7, 11) is 0. The van der Waals surface area contributed by atoms with Gasteiger partial charge in [0.25, 0.3) is 5.91 Å². The Morgan fingerprint density at radius 2 is 1.49 bits per heavy atom. The third kappa shape index (κ3) is 11.0. The highest BCUT2D eigenvalue weighted by atomic mass is 35.5. The van der Waals surface area contributed by atoms with E-state index in [1.54, 1.807) is 49.4 Å². The summed E-state index contributed by atoms with van der Waals surface area (Å²) in [6.45, 7) is 3.58. The van der Waals surface area contributed by atoms with Gasteiger partial charge in [-0.2, -0.15) is 0 Å². The number of anilines is 2. The molecule has 0 spiro atoms. The minimum atomic E-state index is -0.641. The monoisotopic (exact) mass is 500 g/mol. The molecule has 0 aliphatic heterocycles. The molecule has 35 heavy (non-hydrogen) atoms. The first kappa shape index (κ1) is 28.4. The predicted octanol–water partition coefficient (Wildman–Crippen LogP) is 7.30. The second kappa shape index (κ2) is 15.9. The molecule has 2 amide bonds. The van der Waals surface area contributed by atoms with Gasteiger partial charge in [0.15, 0.2) is 6.61 Å². The molecular weight excluding hydrogens is 464 g/mol. The summed E-state index contributed by atoms with van der Waals surface area (Å²) in [6.07, 6.45) is 11.2. The molecule has 2 aromatic rings. The molecule has 0 fully saturated rings. The van der Waals surface area contributed by atoms with Crippen molar-refractivity contribution in [3.05, 3.63) is 58.6 Å². The van der Waals surface area contributed by atoms with Crippen molar-refractivity contribution in [2.75, 3.05) is 17.2 Å². The maximum atomic E-state index is 12.4. The fraction of sp³-hybridized carbons (Fsp3) is 0.464. The van der Waals surface area contributed by atoms with Crippen LogP contribution in [0.2, 0.25) is 5.02 Å². The minimum absolute atomic E-state index is 0.0743. The molecule has 2 N–H and O–H groups in total. The fourth-order valence-electron chi connectivity index (χ4n) is 3.69. The Balaban J connectivity index is 1.70. The first-order valence-corrected chi connectivity index (χ1v) is 12.9. The molecule has 0 aliphatic carbocycles. The Morgan fingerprint density at radius 1 is 0.829 bits per heavy atom. The van der Waals surface area contributed by atoms with Crippen LogP contribution in [0.15, 0.2) is 42.5 Å². The SMILES string of the molecule is CCCCCCCCCCCC(=O)Nc1cccc(C(=O)OCC(=O)Nc2cccc(Cl)c2C)c1. The number of carbonyl (C=O) groups is 3. The Labute approximate surface area is 213 Å². The van der Waals surface area contributed by atoms with Crippen molar-refractivity contribution in [1.29, 1.82) is 0 Å². The summed E-state index contributed by atoms with van der Waals surface area (Å²) < 4.78 is 5.13. The summed E-state index contributed by atoms with van der Waals surface area (Å²) in [4.78, 5) is 36.8. The molecule has 0 unspecified atom stereocenters. The third-order valence-electron chi connectivity index (χ3n) is 5.77. The number of carbonyl (C=O) groups excluding carboxylic acids is 3. The lowest BCUT2D eigenvalue weighted by atomic mass is 10.1. The molecule has 6 nitrogen and oxygen atoms in total. The van der Waals surface area contributed by atoms with Gasteiger partial charge in [-0.1, -0.05) is 82.0 Å². The quantitative estimate of drug-likeness (QED) is 0.198. The smallest absolute Gasteiger partial charge is 0.338 e. The van der Waals surface area contributed by atoms with Crippen molar-refractivity contribution in [1.82, 2.24) is 0 Å². The van der Waals surface area contributed by atoms with Gasteiger partial charge in [-0.3, -0.25) is 9.59 Å². The number of unbranched alkanes of at least 4 members (excludes halogenated alkanes) is 8. The van der Waals surface area contributed by atoms with Crippen molar-refractivity contribution >= 4 is 40.8 Å². The predicted molar refractivity (Wildman–Crippen MR) is 142 cm³/mol. The van der Waals surface area contributed by atoms with Gasteiger partial charge in [0.05, 0.1) is 5.56 Å². The molecule has 0 atom stereocenters. The van der Waals surface area contributed by atoms with E-state index in [0.29, 0.717) is 22.8 Å². The molecular formula is C28H37ClN2O4. The van der Waals surface area contributed by atoms with Gasteiger partial charge in [0.2, 0.25) is 5.91 Å². The zero-order valence-corrected chi connectivity index (χ0v) is 21.6. The number of hydrogen-bond acceptors (Lipinski definition) is 4. The van der Waals surface area contributed by atoms with Gasteiger partial charge < -0.3 is 15.4 Å². The minimum Gasteiger partial charge on any atom is -0.452 e. The molecule has 2 rings (SSSR count). The van der Waals surface area contributed by atoms with Crippen LogP contribution in [0.5, 0.6) is 0 Å². The topological polar surface area (TPSA) is 84.5 Å². The van der Waals surface area contributed by atoms with Crippen LogP contribution in [0.3, 0.4) is 0 Å². The lowest BCUT2D eigenvalue weighted by Gasteiger charge is -2.10. The van der Waals surface area contributed by atoms with Crippen LogP contribution >= 0.6 is 11.6 Å². The highest BCUT2D eigenvalue weighted by Crippen LogP contribution is 2.23. The average Bonchev–Trinajstić information content (AvgIpc) is 2.84. The Hall–Kier alpha value is -2.86. The average molecular weight is 501 g/mol. The highest BCUT2D eigenvalue weighted by Gasteiger charge is 2.13. The Kier molecular flexibility index (Phi) is 12.9. The number of halogens is 1. The highest BCUT2D eigenvalue weighted by molar-refractivity contribution is 6.31. The lowest BCUT2D eigenvalue weighted by molar-refractivity contribution is -0.119. The number of benzene rings is 2. The Bertz CT molecular complexity index is 977. The van der Waals surface area contributed by atoms with Crippen LogP contribution in [-0.4, -0.2) is 24.4 Å². The van der Waals surface area contributed by atoms with Crippen molar-refractivity contribution < 1.29 is 19.1 Å². The maximum Gasteiger partial charge on any atom is 0.338 e. The number of amides is 2. The number of ether oxygens (including phenoxy) is 1. The number of esters is 1. The first-order valence-electron chi connectivity index (χ1n) is 12.5. The zero-order valence-electron chi connectivity index (χ0n) is 20.8. The Morgan fingerprint density at radius 3 is 2.20 bits per heavy atom. The van der Waals surface area contributed by atoms with Crippen LogP contribution in [-0.2, 0) is 14.3 Å². The van der Waals surface area contributed by atoms with Crippen LogP contribution in [0.25, 0.3) is 0 Å². The normalized spacial score (nSPS) is 10.6. The van der Waals surface area contributed by atoms with Gasteiger partial charge in [-0.05, 0) is 49.2 Å². The van der Waals surface area contributed by atoms with E-state index in [1.165, 1.54) is 38.5 Å². The molecule has 0 radical (unpaired) electrons. The van der Waals surface area contributed by atoms with Crippen molar-refractivity contribution in [3.63, 3.8) is 0 Å². The van der Waals surface area contributed by atoms with E-state index in [2.05, 4.69) is 17.6 Å². The number of rotatable bonds is 15. The molecule has 0 aliphatic rings. The standard InChI is InChI=1S/C28H37ClN2O4/c1-3-4-5-6-7-8-9-10-11-18-26(32)30-23-15-12-14-22(19-23)28(34)35-20-27(33)31-25-17-13-16-24(29)21(25)2/h12-17,19H,3-11,18,20H2,1-2H3,(H,30,32)(H,31,33). The van der Waals surface area contributed by atoms with Gasteiger partial charge in [0, 0.05) is 22.8 Å².